The number of benzene rings is 1. The Morgan fingerprint density at radius 3 is 2.97 bits per heavy atom. The molecule has 2 N–H and O–H groups in total. The molecule has 0 aliphatic carbocycles. The first-order valence-electron chi connectivity index (χ1n) is 11.3. The number of ether oxygens (including phenoxy) is 2. The van der Waals surface area contributed by atoms with Gasteiger partial charge in [-0.2, -0.15) is 0 Å². The number of nitrogens with one attached hydrogen (secondary N) is 1. The van der Waals surface area contributed by atoms with Crippen LogP contribution in [-0.2, 0) is 30.5 Å². The summed E-state index contributed by atoms with van der Waals surface area (Å²) in [5, 5.41) is 20.4. The van der Waals surface area contributed by atoms with Gasteiger partial charge in [0.2, 0.25) is 11.8 Å². The monoisotopic (exact) mass is 457 g/mol. The van der Waals surface area contributed by atoms with Gasteiger partial charge in [0.15, 0.2) is 0 Å². The Balaban J connectivity index is 1.42. The summed E-state index contributed by atoms with van der Waals surface area (Å²) in [5.41, 5.74) is 0.401. The molecule has 0 radical (unpaired) electrons. The molecule has 2 bridgehead atoms. The van der Waals surface area contributed by atoms with Crippen molar-refractivity contribution >= 4 is 28.8 Å². The predicted molar refractivity (Wildman–Crippen MR) is 113 cm³/mol. The molecule has 11 nitrogen and oxygen atoms in total. The molecule has 4 heterocycles. The van der Waals surface area contributed by atoms with Crippen molar-refractivity contribution in [2.45, 2.75) is 50.6 Å². The topological polar surface area (TPSA) is 136 Å². The zero-order valence-electron chi connectivity index (χ0n) is 18.3. The first-order chi connectivity index (χ1) is 16.0. The molecular weight excluding hydrogens is 430 g/mol. The first-order valence-corrected chi connectivity index (χ1v) is 11.3. The normalized spacial score (nSPS) is 30.1. The molecule has 3 fully saturated rings. The number of aromatic nitrogens is 3. The number of aliphatic hydroxyl groups excluding tert-OH is 1. The van der Waals surface area contributed by atoms with E-state index in [0.717, 1.165) is 5.52 Å². The third-order valence-electron chi connectivity index (χ3n) is 6.99. The van der Waals surface area contributed by atoms with E-state index in [4.69, 9.17) is 9.47 Å². The number of nitrogens with zero attached hydrogens (tertiary/aromatic N) is 4. The highest BCUT2D eigenvalue weighted by Gasteiger charge is 2.74. The summed E-state index contributed by atoms with van der Waals surface area (Å²) in [4.78, 5) is 41.1. The van der Waals surface area contributed by atoms with E-state index in [1.54, 1.807) is 11.6 Å². The molecule has 1 spiro atoms. The minimum Gasteiger partial charge on any atom is -0.466 e. The van der Waals surface area contributed by atoms with Crippen molar-refractivity contribution in [3.63, 3.8) is 0 Å². The molecule has 1 aromatic carbocycles. The highest BCUT2D eigenvalue weighted by atomic mass is 16.6. The van der Waals surface area contributed by atoms with E-state index < -0.39 is 35.6 Å². The summed E-state index contributed by atoms with van der Waals surface area (Å²) in [6.07, 6.45) is 0.967. The highest BCUT2D eigenvalue weighted by molar-refractivity contribution is 5.98. The van der Waals surface area contributed by atoms with Crippen LogP contribution in [0.5, 0.6) is 0 Å². The Morgan fingerprint density at radius 1 is 1.36 bits per heavy atom. The number of esters is 1. The Hall–Kier alpha value is -3.05. The third-order valence-corrected chi connectivity index (χ3v) is 6.99. The van der Waals surface area contributed by atoms with Crippen LogP contribution in [0.1, 0.15) is 26.2 Å². The van der Waals surface area contributed by atoms with Crippen LogP contribution < -0.4 is 5.32 Å². The Labute approximate surface area is 190 Å². The molecule has 2 unspecified atom stereocenters. The Morgan fingerprint density at radius 2 is 2.18 bits per heavy atom. The molecule has 5 atom stereocenters. The van der Waals surface area contributed by atoms with Gasteiger partial charge in [-0.15, -0.1) is 5.10 Å². The number of rotatable bonds is 8. The minimum absolute atomic E-state index is 0.0728. The molecule has 3 aliphatic heterocycles. The lowest BCUT2D eigenvalue weighted by Gasteiger charge is -2.33. The predicted octanol–water partition coefficient (Wildman–Crippen LogP) is -0.175. The van der Waals surface area contributed by atoms with E-state index in [1.807, 2.05) is 24.3 Å². The number of carbonyl (C=O) groups excluding carboxylic acids is 3. The maximum absolute atomic E-state index is 13.5. The second-order valence-electron chi connectivity index (χ2n) is 8.69. The summed E-state index contributed by atoms with van der Waals surface area (Å²) in [5.74, 6) is -2.62. The van der Waals surface area contributed by atoms with Gasteiger partial charge >= 0.3 is 5.97 Å². The lowest BCUT2D eigenvalue weighted by atomic mass is 9.71. The average Bonchev–Trinajstić information content (AvgIpc) is 3.55. The van der Waals surface area contributed by atoms with Crippen molar-refractivity contribution in [3.8, 4) is 0 Å². The van der Waals surface area contributed by atoms with Crippen LogP contribution in [0.3, 0.4) is 0 Å². The van der Waals surface area contributed by atoms with Crippen LogP contribution in [0.15, 0.2) is 24.3 Å². The summed E-state index contributed by atoms with van der Waals surface area (Å²) < 4.78 is 13.1. The summed E-state index contributed by atoms with van der Waals surface area (Å²) in [6.45, 7) is 2.08. The van der Waals surface area contributed by atoms with Crippen LogP contribution in [0.25, 0.3) is 11.0 Å². The molecular formula is C22H27N5O6. The van der Waals surface area contributed by atoms with Crippen LogP contribution in [-0.4, -0.2) is 80.3 Å². The van der Waals surface area contributed by atoms with Crippen molar-refractivity contribution in [1.82, 2.24) is 25.2 Å². The van der Waals surface area contributed by atoms with E-state index in [1.165, 1.54) is 4.90 Å². The largest absolute Gasteiger partial charge is 0.466 e. The standard InChI is InChI=1S/C22H27N5O6/c1-2-32-21(31)16-15-8-9-22(33-15)17(16)20(30)26(10-5-11-28)18(22)19(29)23-12-27-14-7-4-3-6-13(14)24-25-27/h3-4,6-7,15-18,28H,2,5,8-12H2,1H3,(H,23,29)/t15-,16+,17+,18?,22?/m1/s1. The van der Waals surface area contributed by atoms with Gasteiger partial charge in [0.05, 0.1) is 30.1 Å². The number of carbonyl (C=O) groups is 3. The van der Waals surface area contributed by atoms with Gasteiger partial charge in [-0.05, 0) is 38.3 Å². The van der Waals surface area contributed by atoms with Crippen molar-refractivity contribution in [2.75, 3.05) is 19.8 Å². The zero-order valence-corrected chi connectivity index (χ0v) is 18.3. The number of hydrogen-bond donors (Lipinski definition) is 2. The number of hydrogen-bond acceptors (Lipinski definition) is 8. The van der Waals surface area contributed by atoms with Gasteiger partial charge < -0.3 is 24.8 Å². The van der Waals surface area contributed by atoms with Crippen LogP contribution in [0.2, 0.25) is 0 Å². The molecule has 2 aromatic rings. The van der Waals surface area contributed by atoms with Crippen molar-refractivity contribution in [2.24, 2.45) is 11.8 Å². The SMILES string of the molecule is CCOC(=O)[C@@H]1[C@H]2C(=O)N(CCCO)C(C(=O)NCn3nnc4ccccc43)C23CC[C@H]1O3. The van der Waals surface area contributed by atoms with Gasteiger partial charge in [0, 0.05) is 13.2 Å². The van der Waals surface area contributed by atoms with Crippen LogP contribution in [0.4, 0.5) is 0 Å². The number of fused-ring (bicyclic) bond motifs is 2. The van der Waals surface area contributed by atoms with Gasteiger partial charge in [0.25, 0.3) is 0 Å². The number of aliphatic hydroxyl groups is 1. The maximum atomic E-state index is 13.5. The molecule has 3 saturated heterocycles. The third kappa shape index (κ3) is 3.29. The van der Waals surface area contributed by atoms with E-state index in [2.05, 4.69) is 15.6 Å². The molecule has 11 heteroatoms. The van der Waals surface area contributed by atoms with Crippen molar-refractivity contribution in [3.05, 3.63) is 24.3 Å². The van der Waals surface area contributed by atoms with Crippen molar-refractivity contribution in [1.29, 1.82) is 0 Å². The second-order valence-corrected chi connectivity index (χ2v) is 8.69. The van der Waals surface area contributed by atoms with E-state index >= 15 is 0 Å². The molecule has 1 aromatic heterocycles. The van der Waals surface area contributed by atoms with Gasteiger partial charge in [-0.25, -0.2) is 4.68 Å². The van der Waals surface area contributed by atoms with E-state index in [0.29, 0.717) is 24.8 Å². The summed E-state index contributed by atoms with van der Waals surface area (Å²) in [6, 6.07) is 6.50. The minimum atomic E-state index is -1.08. The maximum Gasteiger partial charge on any atom is 0.312 e. The molecule has 33 heavy (non-hydrogen) atoms. The first kappa shape index (κ1) is 21.8. The molecule has 3 aliphatic rings. The second kappa shape index (κ2) is 8.38. The van der Waals surface area contributed by atoms with Gasteiger partial charge in [0.1, 0.15) is 23.8 Å². The Kier molecular flexibility index (Phi) is 5.53. The van der Waals surface area contributed by atoms with Gasteiger partial charge in [-0.3, -0.25) is 14.4 Å². The van der Waals surface area contributed by atoms with Crippen LogP contribution >= 0.6 is 0 Å². The lowest BCUT2D eigenvalue weighted by molar-refractivity contribution is -0.154. The smallest absolute Gasteiger partial charge is 0.312 e. The van der Waals surface area contributed by atoms with Crippen LogP contribution in [0, 0.1) is 11.8 Å². The summed E-state index contributed by atoms with van der Waals surface area (Å²) >= 11 is 0. The average molecular weight is 457 g/mol. The fourth-order valence-corrected chi connectivity index (χ4v) is 5.73. The van der Waals surface area contributed by atoms with Crippen molar-refractivity contribution < 1.29 is 29.0 Å². The number of amides is 2. The van der Waals surface area contributed by atoms with Gasteiger partial charge in [-0.1, -0.05) is 17.3 Å². The summed E-state index contributed by atoms with van der Waals surface area (Å²) in [7, 11) is 0. The molecule has 2 amide bonds. The van der Waals surface area contributed by atoms with E-state index in [-0.39, 0.29) is 38.2 Å². The molecule has 0 saturated carbocycles. The fourth-order valence-electron chi connectivity index (χ4n) is 5.73. The number of likely N-dealkylation sites (tertiary alicyclic amines) is 1. The van der Waals surface area contributed by atoms with E-state index in [9.17, 15) is 19.5 Å². The molecule has 176 valence electrons. The Bertz CT molecular complexity index is 1090. The lowest BCUT2D eigenvalue weighted by Crippen LogP contribution is -2.55. The zero-order chi connectivity index (χ0) is 23.2. The quantitative estimate of drug-likeness (QED) is 0.522. The fraction of sp³-hybridized carbons (Fsp3) is 0.591. The highest BCUT2D eigenvalue weighted by Crippen LogP contribution is 2.58. The molecule has 5 rings (SSSR count). The number of para-hydroxylation sites is 1.